The second-order valence-corrected chi connectivity index (χ2v) is 7.54. The van der Waals surface area contributed by atoms with Gasteiger partial charge in [0.15, 0.2) is 0 Å². The first-order chi connectivity index (χ1) is 13.5. The van der Waals surface area contributed by atoms with Crippen LogP contribution in [0.5, 0.6) is 0 Å². The molecule has 0 spiro atoms. The fourth-order valence-electron chi connectivity index (χ4n) is 3.12. The molecule has 2 aromatic rings. The van der Waals surface area contributed by atoms with Gasteiger partial charge in [0, 0.05) is 0 Å². The maximum absolute atomic E-state index is 5.88. The highest BCUT2D eigenvalue weighted by Gasteiger charge is 2.17. The summed E-state index contributed by atoms with van der Waals surface area (Å²) < 4.78 is 0. The van der Waals surface area contributed by atoms with Gasteiger partial charge in [0.05, 0.1) is 11.4 Å². The molecular weight excluding hydrogens is 346 g/mol. The summed E-state index contributed by atoms with van der Waals surface area (Å²) in [6, 6.07) is 16.7. The van der Waals surface area contributed by atoms with E-state index in [9.17, 15) is 0 Å². The molecule has 3 N–H and O–H groups in total. The summed E-state index contributed by atoms with van der Waals surface area (Å²) in [5.41, 5.74) is 15.0. The lowest BCUT2D eigenvalue weighted by molar-refractivity contribution is 0.314. The van der Waals surface area contributed by atoms with Crippen molar-refractivity contribution in [2.75, 3.05) is 0 Å². The fraction of sp³-hybridized carbons (Fsp3) is 0.348. The van der Waals surface area contributed by atoms with Gasteiger partial charge in [0.1, 0.15) is 0 Å². The fourth-order valence-corrected chi connectivity index (χ4v) is 3.12. The second-order valence-electron chi connectivity index (χ2n) is 7.54. The van der Waals surface area contributed by atoms with E-state index in [1.54, 1.807) is 0 Å². The van der Waals surface area contributed by atoms with Crippen LogP contribution in [-0.2, 0) is 6.42 Å². The molecule has 146 valence electrons. The Morgan fingerprint density at radius 1 is 0.929 bits per heavy atom. The molecule has 1 fully saturated rings. The van der Waals surface area contributed by atoms with Gasteiger partial charge in [-0.3, -0.25) is 0 Å². The zero-order chi connectivity index (χ0) is 19.9. The highest BCUT2D eigenvalue weighted by molar-refractivity contribution is 6.00. The van der Waals surface area contributed by atoms with Crippen LogP contribution in [0.2, 0.25) is 0 Å². The molecule has 0 saturated heterocycles. The van der Waals surface area contributed by atoms with Gasteiger partial charge in [-0.15, -0.1) is 5.10 Å². The zero-order valence-electron chi connectivity index (χ0n) is 16.9. The van der Waals surface area contributed by atoms with E-state index in [2.05, 4.69) is 51.9 Å². The number of hydrogen-bond donors (Lipinski definition) is 2. The summed E-state index contributed by atoms with van der Waals surface area (Å²) in [5.74, 6) is 1.04. The van der Waals surface area contributed by atoms with Gasteiger partial charge in [-0.05, 0) is 49.8 Å². The van der Waals surface area contributed by atoms with Crippen molar-refractivity contribution in [2.24, 2.45) is 27.0 Å². The summed E-state index contributed by atoms with van der Waals surface area (Å²) in [7, 11) is 0. The molecule has 5 nitrogen and oxygen atoms in total. The van der Waals surface area contributed by atoms with Crippen LogP contribution in [0.3, 0.4) is 0 Å². The van der Waals surface area contributed by atoms with Gasteiger partial charge in [-0.2, -0.15) is 10.2 Å². The predicted octanol–water partition coefficient (Wildman–Crippen LogP) is 4.39. The number of guanidine groups is 1. The van der Waals surface area contributed by atoms with Crippen LogP contribution >= 0.6 is 0 Å². The van der Waals surface area contributed by atoms with Crippen molar-refractivity contribution in [3.8, 4) is 0 Å². The molecule has 1 aliphatic rings. The van der Waals surface area contributed by atoms with Crippen LogP contribution in [0, 0.1) is 12.8 Å². The number of rotatable bonds is 6. The highest BCUT2D eigenvalue weighted by Crippen LogP contribution is 2.29. The van der Waals surface area contributed by atoms with Crippen LogP contribution in [0.1, 0.15) is 55.4 Å². The lowest BCUT2D eigenvalue weighted by Crippen LogP contribution is -2.27. The first-order valence-corrected chi connectivity index (χ1v) is 9.85. The molecule has 0 unspecified atom stereocenters. The van der Waals surface area contributed by atoms with Crippen molar-refractivity contribution >= 4 is 17.4 Å². The standard InChI is InChI=1S/C23H29N5/c1-16-7-11-21(12-8-16)17(2)25-27-23(24)28-26-18(3)22-13-9-20(10-14-22)15-19-5-4-6-19/h7-14,19H,4-6,15H2,1-3H3,(H3,24,27,28)/b25-17+,26-18+. The second kappa shape index (κ2) is 9.31. The largest absolute Gasteiger partial charge is 0.367 e. The summed E-state index contributed by atoms with van der Waals surface area (Å²) in [6.45, 7) is 5.90. The topological polar surface area (TPSA) is 75.1 Å². The van der Waals surface area contributed by atoms with Gasteiger partial charge in [-0.25, -0.2) is 5.43 Å². The number of nitrogens with one attached hydrogen (secondary N) is 1. The predicted molar refractivity (Wildman–Crippen MR) is 118 cm³/mol. The molecule has 28 heavy (non-hydrogen) atoms. The molecule has 5 heteroatoms. The maximum Gasteiger partial charge on any atom is 0.234 e. The molecule has 2 aromatic carbocycles. The van der Waals surface area contributed by atoms with Crippen molar-refractivity contribution in [1.82, 2.24) is 5.43 Å². The Labute approximate surface area is 167 Å². The van der Waals surface area contributed by atoms with E-state index in [-0.39, 0.29) is 5.96 Å². The van der Waals surface area contributed by atoms with Crippen LogP contribution in [0.15, 0.2) is 63.8 Å². The Kier molecular flexibility index (Phi) is 6.58. The Morgan fingerprint density at radius 3 is 2.14 bits per heavy atom. The van der Waals surface area contributed by atoms with E-state index >= 15 is 0 Å². The van der Waals surface area contributed by atoms with Gasteiger partial charge in [0.2, 0.25) is 5.96 Å². The number of hydrazone groups is 1. The summed E-state index contributed by atoms with van der Waals surface area (Å²) >= 11 is 0. The maximum atomic E-state index is 5.88. The van der Waals surface area contributed by atoms with Crippen molar-refractivity contribution in [1.29, 1.82) is 0 Å². The van der Waals surface area contributed by atoms with Crippen LogP contribution in [0.4, 0.5) is 0 Å². The Bertz CT molecular complexity index is 872. The minimum absolute atomic E-state index is 0.160. The lowest BCUT2D eigenvalue weighted by Gasteiger charge is -2.25. The SMILES string of the molecule is C/C(=N\N=C(N)N/N=C(\C)c1ccc(CC2CCC2)cc1)c1ccc(C)cc1. The lowest BCUT2D eigenvalue weighted by atomic mass is 9.81. The Hall–Kier alpha value is -2.95. The third kappa shape index (κ3) is 5.52. The molecule has 0 heterocycles. The van der Waals surface area contributed by atoms with E-state index in [4.69, 9.17) is 5.73 Å². The number of hydrogen-bond acceptors (Lipinski definition) is 3. The smallest absolute Gasteiger partial charge is 0.234 e. The van der Waals surface area contributed by atoms with E-state index < -0.39 is 0 Å². The number of nitrogens with zero attached hydrogens (tertiary/aromatic N) is 3. The van der Waals surface area contributed by atoms with E-state index in [1.807, 2.05) is 38.1 Å². The van der Waals surface area contributed by atoms with E-state index in [0.717, 1.165) is 28.5 Å². The molecule has 0 radical (unpaired) electrons. The minimum atomic E-state index is 0.160. The minimum Gasteiger partial charge on any atom is -0.367 e. The highest BCUT2D eigenvalue weighted by atomic mass is 15.4. The molecule has 0 bridgehead atoms. The molecule has 1 saturated carbocycles. The normalized spacial score (nSPS) is 16.0. The third-order valence-electron chi connectivity index (χ3n) is 5.24. The molecule has 0 aromatic heterocycles. The van der Waals surface area contributed by atoms with E-state index in [0.29, 0.717) is 0 Å². The first-order valence-electron chi connectivity index (χ1n) is 9.85. The van der Waals surface area contributed by atoms with Gasteiger partial charge >= 0.3 is 0 Å². The van der Waals surface area contributed by atoms with Crippen LogP contribution in [-0.4, -0.2) is 17.4 Å². The molecule has 0 aliphatic heterocycles. The van der Waals surface area contributed by atoms with Gasteiger partial charge < -0.3 is 5.73 Å². The molecular formula is C23H29N5. The quantitative estimate of drug-likeness (QED) is 0.446. The zero-order valence-corrected chi connectivity index (χ0v) is 16.9. The average Bonchev–Trinajstić information content (AvgIpc) is 2.68. The molecule has 3 rings (SSSR count). The van der Waals surface area contributed by atoms with Crippen molar-refractivity contribution in [3.63, 3.8) is 0 Å². The van der Waals surface area contributed by atoms with E-state index in [1.165, 1.54) is 36.8 Å². The van der Waals surface area contributed by atoms with Crippen LogP contribution in [0.25, 0.3) is 0 Å². The van der Waals surface area contributed by atoms with Gasteiger partial charge in [-0.1, -0.05) is 73.4 Å². The summed E-state index contributed by atoms with van der Waals surface area (Å²) in [4.78, 5) is 0. The van der Waals surface area contributed by atoms with Crippen molar-refractivity contribution < 1.29 is 0 Å². The van der Waals surface area contributed by atoms with Gasteiger partial charge in [0.25, 0.3) is 0 Å². The average molecular weight is 376 g/mol. The number of nitrogens with two attached hydrogens (primary N) is 1. The number of aryl methyl sites for hydroxylation is 1. The first kappa shape index (κ1) is 19.8. The number of benzene rings is 2. The van der Waals surface area contributed by atoms with Crippen LogP contribution < -0.4 is 11.2 Å². The molecule has 0 amide bonds. The molecule has 0 atom stereocenters. The monoisotopic (exact) mass is 375 g/mol. The summed E-state index contributed by atoms with van der Waals surface area (Å²) in [5, 5.41) is 12.5. The summed E-state index contributed by atoms with van der Waals surface area (Å²) in [6.07, 6.45) is 5.32. The van der Waals surface area contributed by atoms with Crippen molar-refractivity contribution in [2.45, 2.75) is 46.5 Å². The van der Waals surface area contributed by atoms with Crippen molar-refractivity contribution in [3.05, 3.63) is 70.8 Å². The Balaban J connectivity index is 1.57. The molecule has 1 aliphatic carbocycles. The third-order valence-corrected chi connectivity index (χ3v) is 5.24. The Morgan fingerprint density at radius 2 is 1.54 bits per heavy atom.